The van der Waals surface area contributed by atoms with Crippen LogP contribution in [-0.2, 0) is 9.53 Å². The van der Waals surface area contributed by atoms with E-state index in [1.54, 1.807) is 0 Å². The molecule has 0 bridgehead atoms. The first-order chi connectivity index (χ1) is 5.60. The van der Waals surface area contributed by atoms with Gasteiger partial charge in [0.2, 0.25) is 0 Å². The molecule has 2 unspecified atom stereocenters. The van der Waals surface area contributed by atoms with Gasteiger partial charge in [0.15, 0.2) is 0 Å². The van der Waals surface area contributed by atoms with Crippen molar-refractivity contribution in [2.45, 2.75) is 32.4 Å². The number of aliphatic hydroxyl groups excluding tert-OH is 1. The Morgan fingerprint density at radius 3 is 2.50 bits per heavy atom. The first kappa shape index (κ1) is 11.4. The molecule has 2 N–H and O–H groups in total. The van der Waals surface area contributed by atoms with Gasteiger partial charge in [-0.15, -0.1) is 0 Å². The largest absolute Gasteiger partial charge is 0.469 e. The topological polar surface area (TPSA) is 58.6 Å². The molecule has 12 heavy (non-hydrogen) atoms. The molecule has 0 rings (SSSR count). The molecule has 0 spiro atoms. The van der Waals surface area contributed by atoms with Gasteiger partial charge in [-0.05, 0) is 13.8 Å². The van der Waals surface area contributed by atoms with Crippen LogP contribution in [0.1, 0.15) is 20.3 Å². The molecule has 0 saturated carbocycles. The fraction of sp³-hybridized carbons (Fsp3) is 0.875. The summed E-state index contributed by atoms with van der Waals surface area (Å²) in [5.74, 6) is -0.236. The van der Waals surface area contributed by atoms with E-state index in [2.05, 4.69) is 10.1 Å². The van der Waals surface area contributed by atoms with Crippen LogP contribution in [0.2, 0.25) is 0 Å². The number of carbonyl (C=O) groups excluding carboxylic acids is 1. The molecule has 72 valence electrons. The second kappa shape index (κ2) is 5.97. The first-order valence-corrected chi connectivity index (χ1v) is 4.03. The maximum Gasteiger partial charge on any atom is 0.307 e. The Balaban J connectivity index is 3.58. The second-order valence-corrected chi connectivity index (χ2v) is 2.93. The molecular weight excluding hydrogens is 158 g/mol. The molecule has 4 heteroatoms. The minimum absolute atomic E-state index is 0.0182. The molecule has 0 aromatic heterocycles. The fourth-order valence-corrected chi connectivity index (χ4v) is 0.931. The minimum Gasteiger partial charge on any atom is -0.469 e. The smallest absolute Gasteiger partial charge is 0.307 e. The van der Waals surface area contributed by atoms with E-state index in [0.717, 1.165) is 0 Å². The number of aliphatic hydroxyl groups is 1. The van der Waals surface area contributed by atoms with Crippen molar-refractivity contribution < 1.29 is 14.6 Å². The highest BCUT2D eigenvalue weighted by Gasteiger charge is 2.10. The molecule has 0 aliphatic rings. The Morgan fingerprint density at radius 2 is 2.08 bits per heavy atom. The molecule has 0 aromatic rings. The fourth-order valence-electron chi connectivity index (χ4n) is 0.931. The van der Waals surface area contributed by atoms with Crippen LogP contribution >= 0.6 is 0 Å². The zero-order valence-electron chi connectivity index (χ0n) is 7.83. The van der Waals surface area contributed by atoms with Crippen LogP contribution in [-0.4, -0.2) is 36.9 Å². The normalized spacial score (nSPS) is 15.3. The Morgan fingerprint density at radius 1 is 1.50 bits per heavy atom. The Hall–Kier alpha value is -0.610. The van der Waals surface area contributed by atoms with Crippen LogP contribution in [0, 0.1) is 0 Å². The quantitative estimate of drug-likeness (QED) is 0.573. The molecular formula is C8H17NO3. The second-order valence-electron chi connectivity index (χ2n) is 2.93. The molecule has 0 fully saturated rings. The zero-order valence-corrected chi connectivity index (χ0v) is 7.83. The standard InChI is InChI=1S/C8H17NO3/c1-6(4-8(11)12-3)9-7(2)5-10/h6-7,9-10H,4-5H2,1-3H3. The number of hydrogen-bond donors (Lipinski definition) is 2. The third-order valence-corrected chi connectivity index (χ3v) is 1.54. The Labute approximate surface area is 72.9 Å². The summed E-state index contributed by atoms with van der Waals surface area (Å²) in [4.78, 5) is 10.8. The predicted molar refractivity (Wildman–Crippen MR) is 45.8 cm³/mol. The number of hydrogen-bond acceptors (Lipinski definition) is 4. The van der Waals surface area contributed by atoms with Gasteiger partial charge in [-0.1, -0.05) is 0 Å². The molecule has 0 radical (unpaired) electrons. The molecule has 0 aliphatic carbocycles. The number of nitrogens with one attached hydrogen (secondary N) is 1. The summed E-state index contributed by atoms with van der Waals surface area (Å²) in [6.07, 6.45) is 0.334. The van der Waals surface area contributed by atoms with Gasteiger partial charge in [0.1, 0.15) is 0 Å². The van der Waals surface area contributed by atoms with Crippen molar-refractivity contribution in [1.29, 1.82) is 0 Å². The van der Waals surface area contributed by atoms with E-state index in [4.69, 9.17) is 5.11 Å². The van der Waals surface area contributed by atoms with E-state index in [1.807, 2.05) is 13.8 Å². The number of rotatable bonds is 5. The first-order valence-electron chi connectivity index (χ1n) is 4.03. The van der Waals surface area contributed by atoms with Gasteiger partial charge >= 0.3 is 5.97 Å². The van der Waals surface area contributed by atoms with Gasteiger partial charge in [0.05, 0.1) is 20.1 Å². The van der Waals surface area contributed by atoms with Gasteiger partial charge in [-0.2, -0.15) is 0 Å². The zero-order chi connectivity index (χ0) is 9.56. The van der Waals surface area contributed by atoms with Crippen molar-refractivity contribution in [3.8, 4) is 0 Å². The number of methoxy groups -OCH3 is 1. The molecule has 0 saturated heterocycles. The van der Waals surface area contributed by atoms with Crippen molar-refractivity contribution in [3.63, 3.8) is 0 Å². The summed E-state index contributed by atoms with van der Waals surface area (Å²) < 4.78 is 4.49. The summed E-state index contributed by atoms with van der Waals surface area (Å²) in [5, 5.41) is 11.7. The highest BCUT2D eigenvalue weighted by Crippen LogP contribution is 1.94. The van der Waals surface area contributed by atoms with E-state index in [0.29, 0.717) is 6.42 Å². The van der Waals surface area contributed by atoms with E-state index >= 15 is 0 Å². The minimum atomic E-state index is -0.236. The predicted octanol–water partition coefficient (Wildman–Crippen LogP) is -0.0916. The lowest BCUT2D eigenvalue weighted by Crippen LogP contribution is -2.38. The number of carbonyl (C=O) groups is 1. The van der Waals surface area contributed by atoms with Crippen molar-refractivity contribution in [1.82, 2.24) is 5.32 Å². The van der Waals surface area contributed by atoms with Crippen molar-refractivity contribution >= 4 is 5.97 Å². The van der Waals surface area contributed by atoms with Gasteiger partial charge in [0, 0.05) is 12.1 Å². The number of ether oxygens (including phenoxy) is 1. The molecule has 0 aromatic carbocycles. The van der Waals surface area contributed by atoms with Crippen LogP contribution in [0.5, 0.6) is 0 Å². The maximum atomic E-state index is 10.8. The summed E-state index contributed by atoms with van der Waals surface area (Å²) in [6.45, 7) is 3.81. The molecule has 0 aliphatic heterocycles. The SMILES string of the molecule is COC(=O)CC(C)NC(C)CO. The highest BCUT2D eigenvalue weighted by molar-refractivity contribution is 5.69. The van der Waals surface area contributed by atoms with Crippen molar-refractivity contribution in [3.05, 3.63) is 0 Å². The lowest BCUT2D eigenvalue weighted by molar-refractivity contribution is -0.141. The van der Waals surface area contributed by atoms with Crippen LogP contribution < -0.4 is 5.32 Å². The monoisotopic (exact) mass is 175 g/mol. The average Bonchev–Trinajstić information content (AvgIpc) is 2.03. The van der Waals surface area contributed by atoms with E-state index in [-0.39, 0.29) is 24.7 Å². The van der Waals surface area contributed by atoms with Crippen molar-refractivity contribution in [2.75, 3.05) is 13.7 Å². The lowest BCUT2D eigenvalue weighted by Gasteiger charge is -2.16. The van der Waals surface area contributed by atoms with Gasteiger partial charge < -0.3 is 15.2 Å². The van der Waals surface area contributed by atoms with Crippen molar-refractivity contribution in [2.24, 2.45) is 0 Å². The summed E-state index contributed by atoms with van der Waals surface area (Å²) in [6, 6.07) is 0.0595. The van der Waals surface area contributed by atoms with Crippen LogP contribution in [0.25, 0.3) is 0 Å². The van der Waals surface area contributed by atoms with Crippen LogP contribution in [0.15, 0.2) is 0 Å². The summed E-state index contributed by atoms with van der Waals surface area (Å²) in [5.41, 5.74) is 0. The van der Waals surface area contributed by atoms with Gasteiger partial charge in [-0.3, -0.25) is 4.79 Å². The van der Waals surface area contributed by atoms with E-state index in [9.17, 15) is 4.79 Å². The molecule has 2 atom stereocenters. The average molecular weight is 175 g/mol. The molecule has 0 heterocycles. The molecule has 0 amide bonds. The summed E-state index contributed by atoms with van der Waals surface area (Å²) >= 11 is 0. The third-order valence-electron chi connectivity index (χ3n) is 1.54. The van der Waals surface area contributed by atoms with Gasteiger partial charge in [0.25, 0.3) is 0 Å². The summed E-state index contributed by atoms with van der Waals surface area (Å²) in [7, 11) is 1.37. The van der Waals surface area contributed by atoms with Crippen LogP contribution in [0.3, 0.4) is 0 Å². The highest BCUT2D eigenvalue weighted by atomic mass is 16.5. The Bertz CT molecular complexity index is 138. The van der Waals surface area contributed by atoms with Crippen LogP contribution in [0.4, 0.5) is 0 Å². The maximum absolute atomic E-state index is 10.8. The lowest BCUT2D eigenvalue weighted by atomic mass is 10.2. The van der Waals surface area contributed by atoms with E-state index < -0.39 is 0 Å². The molecule has 4 nitrogen and oxygen atoms in total. The van der Waals surface area contributed by atoms with Gasteiger partial charge in [-0.25, -0.2) is 0 Å². The Kier molecular flexibility index (Phi) is 5.66. The third kappa shape index (κ3) is 5.09. The van der Waals surface area contributed by atoms with E-state index in [1.165, 1.54) is 7.11 Å². The number of esters is 1.